The zero-order valence-electron chi connectivity index (χ0n) is 8.14. The molecule has 2 aliphatic rings. The Morgan fingerprint density at radius 2 is 2.33 bits per heavy atom. The number of hydrogen-bond acceptors (Lipinski definition) is 4. The molecule has 1 fully saturated rings. The van der Waals surface area contributed by atoms with Crippen molar-refractivity contribution in [3.05, 3.63) is 10.6 Å². The normalized spacial score (nSPS) is 29.3. The van der Waals surface area contributed by atoms with Crippen molar-refractivity contribution in [1.29, 1.82) is 0 Å². The third-order valence-corrected chi connectivity index (χ3v) is 4.40. The van der Waals surface area contributed by atoms with Gasteiger partial charge in [0.25, 0.3) is 0 Å². The Labute approximate surface area is 97.1 Å². The number of carbonyl (C=O) groups excluding carboxylic acids is 2. The van der Waals surface area contributed by atoms with Gasteiger partial charge >= 0.3 is 0 Å². The minimum absolute atomic E-state index is 0.0939. The number of nitrogens with zero attached hydrogens (tertiary/aromatic N) is 1. The predicted octanol–water partition coefficient (Wildman–Crippen LogP) is 0.588. The van der Waals surface area contributed by atoms with Crippen molar-refractivity contribution in [2.75, 3.05) is 6.61 Å². The van der Waals surface area contributed by atoms with Crippen LogP contribution in [0.15, 0.2) is 10.6 Å². The molecule has 0 aromatic carbocycles. The number of allylic oxidation sites excluding steroid dienone is 1. The van der Waals surface area contributed by atoms with Crippen LogP contribution in [0.25, 0.3) is 0 Å². The lowest BCUT2D eigenvalue weighted by Gasteiger charge is -2.41. The van der Waals surface area contributed by atoms with Gasteiger partial charge in [-0.15, -0.1) is 11.8 Å². The second-order valence-electron chi connectivity index (χ2n) is 3.44. The highest BCUT2D eigenvalue weighted by atomic mass is 32.2. The number of thioether (sulfide) groups is 1. The quantitative estimate of drug-likeness (QED) is 0.564. The molecule has 2 heterocycles. The Hall–Kier alpha value is -0.460. The fraction of sp³-hybridized carbons (Fsp3) is 0.556. The molecule has 1 amide bonds. The van der Waals surface area contributed by atoms with E-state index in [-0.39, 0.29) is 28.9 Å². The molecule has 2 atom stereocenters. The second-order valence-corrected chi connectivity index (χ2v) is 5.05. The van der Waals surface area contributed by atoms with Crippen LogP contribution in [0.3, 0.4) is 0 Å². The lowest BCUT2D eigenvalue weighted by atomic mass is 9.98. The van der Waals surface area contributed by atoms with Crippen LogP contribution in [-0.2, 0) is 9.59 Å². The lowest BCUT2D eigenvalue weighted by molar-refractivity contribution is -0.149. The SMILES string of the molecule is CCC1=C(C(=O)S)N2C(=O)[C@H](CO)[C@H]2S1. The van der Waals surface area contributed by atoms with Crippen LogP contribution in [0.1, 0.15) is 13.3 Å². The van der Waals surface area contributed by atoms with E-state index < -0.39 is 0 Å². The van der Waals surface area contributed by atoms with E-state index in [1.807, 2.05) is 6.92 Å². The molecule has 15 heavy (non-hydrogen) atoms. The van der Waals surface area contributed by atoms with Gasteiger partial charge in [-0.25, -0.2) is 0 Å². The maximum Gasteiger partial charge on any atom is 0.236 e. The fourth-order valence-corrected chi connectivity index (χ4v) is 3.63. The van der Waals surface area contributed by atoms with Crippen molar-refractivity contribution in [3.63, 3.8) is 0 Å². The Bertz CT molecular complexity index is 366. The van der Waals surface area contributed by atoms with Gasteiger partial charge in [0.2, 0.25) is 11.0 Å². The number of hydrogen-bond donors (Lipinski definition) is 2. The Morgan fingerprint density at radius 1 is 1.67 bits per heavy atom. The summed E-state index contributed by atoms with van der Waals surface area (Å²) < 4.78 is 0. The lowest BCUT2D eigenvalue weighted by Crippen LogP contribution is -2.58. The molecular formula is C9H11NO3S2. The van der Waals surface area contributed by atoms with Crippen LogP contribution in [-0.4, -0.2) is 33.0 Å². The van der Waals surface area contributed by atoms with Crippen molar-refractivity contribution < 1.29 is 14.7 Å². The van der Waals surface area contributed by atoms with Gasteiger partial charge in [-0.2, -0.15) is 0 Å². The summed E-state index contributed by atoms with van der Waals surface area (Å²) >= 11 is 5.26. The summed E-state index contributed by atoms with van der Waals surface area (Å²) in [6.45, 7) is 1.78. The highest BCUT2D eigenvalue weighted by Crippen LogP contribution is 2.50. The molecule has 0 aromatic rings. The minimum atomic E-state index is -0.369. The highest BCUT2D eigenvalue weighted by Gasteiger charge is 2.54. The molecule has 1 saturated heterocycles. The maximum absolute atomic E-state index is 11.6. The predicted molar refractivity (Wildman–Crippen MR) is 60.1 cm³/mol. The van der Waals surface area contributed by atoms with Gasteiger partial charge in [0, 0.05) is 4.91 Å². The summed E-state index contributed by atoms with van der Waals surface area (Å²) in [6, 6.07) is 0. The van der Waals surface area contributed by atoms with Crippen molar-refractivity contribution in [1.82, 2.24) is 4.90 Å². The number of aliphatic hydroxyl groups is 1. The zero-order chi connectivity index (χ0) is 11.2. The van der Waals surface area contributed by atoms with Crippen molar-refractivity contribution in [3.8, 4) is 0 Å². The van der Waals surface area contributed by atoms with E-state index in [0.29, 0.717) is 12.1 Å². The Balaban J connectivity index is 2.29. The fourth-order valence-electron chi connectivity index (χ4n) is 1.87. The van der Waals surface area contributed by atoms with E-state index in [9.17, 15) is 9.59 Å². The van der Waals surface area contributed by atoms with Crippen LogP contribution in [0.5, 0.6) is 0 Å². The van der Waals surface area contributed by atoms with Crippen LogP contribution < -0.4 is 0 Å². The second kappa shape index (κ2) is 3.84. The standard InChI is InChI=1S/C9H11NO3S2/c1-2-5-6(9(13)14)10-7(12)4(3-11)8(10)15-5/h4,8,11H,2-3H2,1H3,(H,13,14)/t4-,8+/m0/s1. The van der Waals surface area contributed by atoms with E-state index in [2.05, 4.69) is 12.6 Å². The van der Waals surface area contributed by atoms with E-state index in [1.54, 1.807) is 0 Å². The first-order chi connectivity index (χ1) is 7.11. The molecule has 0 spiro atoms. The zero-order valence-corrected chi connectivity index (χ0v) is 9.85. The summed E-state index contributed by atoms with van der Waals surface area (Å²) in [5, 5.41) is 8.54. The number of β-lactam (4-membered cyclic amide) rings is 1. The molecule has 1 N–H and O–H groups in total. The van der Waals surface area contributed by atoms with Gasteiger partial charge in [0.15, 0.2) is 0 Å². The summed E-state index contributed by atoms with van der Waals surface area (Å²) in [4.78, 5) is 25.2. The number of rotatable bonds is 3. The van der Waals surface area contributed by atoms with Crippen molar-refractivity contribution in [2.24, 2.45) is 5.92 Å². The Kier molecular flexibility index (Phi) is 2.83. The van der Waals surface area contributed by atoms with Gasteiger partial charge in [-0.05, 0) is 6.42 Å². The molecule has 2 aliphatic heterocycles. The first-order valence-corrected chi connectivity index (χ1v) is 6.01. The molecule has 0 bridgehead atoms. The summed E-state index contributed by atoms with van der Waals surface area (Å²) in [5.74, 6) is -0.530. The third-order valence-electron chi connectivity index (χ3n) is 2.64. The van der Waals surface area contributed by atoms with E-state index in [0.717, 1.165) is 4.91 Å². The van der Waals surface area contributed by atoms with Crippen LogP contribution in [0, 0.1) is 5.92 Å². The van der Waals surface area contributed by atoms with Gasteiger partial charge in [0.05, 0.1) is 12.5 Å². The number of amides is 1. The van der Waals surface area contributed by atoms with Gasteiger partial charge in [0.1, 0.15) is 11.1 Å². The maximum atomic E-state index is 11.6. The van der Waals surface area contributed by atoms with Gasteiger partial charge < -0.3 is 5.11 Å². The van der Waals surface area contributed by atoms with Gasteiger partial charge in [-0.3, -0.25) is 14.5 Å². The van der Waals surface area contributed by atoms with Crippen LogP contribution in [0.2, 0.25) is 0 Å². The third kappa shape index (κ3) is 1.43. The average molecular weight is 245 g/mol. The first-order valence-electron chi connectivity index (χ1n) is 4.68. The van der Waals surface area contributed by atoms with Gasteiger partial charge in [-0.1, -0.05) is 19.6 Å². The molecule has 4 nitrogen and oxygen atoms in total. The molecule has 0 unspecified atom stereocenters. The first kappa shape index (κ1) is 11.0. The molecule has 0 saturated carbocycles. The molecule has 82 valence electrons. The number of fused-ring (bicyclic) bond motifs is 1. The number of aliphatic hydroxyl groups excluding tert-OH is 1. The van der Waals surface area contributed by atoms with E-state index >= 15 is 0 Å². The highest BCUT2D eigenvalue weighted by molar-refractivity contribution is 8.04. The molecule has 0 aromatic heterocycles. The average Bonchev–Trinajstić information content (AvgIpc) is 2.53. The summed E-state index contributed by atoms with van der Waals surface area (Å²) in [5.41, 5.74) is 0.408. The monoisotopic (exact) mass is 245 g/mol. The molecule has 0 aliphatic carbocycles. The smallest absolute Gasteiger partial charge is 0.236 e. The molecular weight excluding hydrogens is 234 g/mol. The summed E-state index contributed by atoms with van der Waals surface area (Å²) in [7, 11) is 0. The van der Waals surface area contributed by atoms with E-state index in [4.69, 9.17) is 5.11 Å². The van der Waals surface area contributed by atoms with Crippen molar-refractivity contribution >= 4 is 35.4 Å². The summed E-state index contributed by atoms with van der Waals surface area (Å²) in [6.07, 6.45) is 0.713. The molecule has 2 rings (SSSR count). The number of carbonyl (C=O) groups is 2. The largest absolute Gasteiger partial charge is 0.395 e. The number of thiol groups is 1. The minimum Gasteiger partial charge on any atom is -0.395 e. The topological polar surface area (TPSA) is 57.6 Å². The van der Waals surface area contributed by atoms with Crippen molar-refractivity contribution in [2.45, 2.75) is 18.7 Å². The van der Waals surface area contributed by atoms with Crippen LogP contribution in [0.4, 0.5) is 0 Å². The molecule has 0 radical (unpaired) electrons. The van der Waals surface area contributed by atoms with Crippen LogP contribution >= 0.6 is 24.4 Å². The van der Waals surface area contributed by atoms with E-state index in [1.165, 1.54) is 16.7 Å². The molecule has 6 heteroatoms. The Morgan fingerprint density at radius 3 is 2.80 bits per heavy atom.